The lowest BCUT2D eigenvalue weighted by Gasteiger charge is -2.29. The Kier molecular flexibility index (Phi) is 8.28. The number of fused-ring (bicyclic) bond motifs is 6. The first-order chi connectivity index (χ1) is 28.3. The topological polar surface area (TPSA) is 3.24 Å². The predicted molar refractivity (Wildman–Crippen MR) is 249 cm³/mol. The Morgan fingerprint density at radius 3 is 1.54 bits per heavy atom. The van der Waals surface area contributed by atoms with Crippen LogP contribution in [0.4, 0.5) is 17.1 Å². The van der Waals surface area contributed by atoms with E-state index in [1.807, 2.05) is 22.7 Å². The summed E-state index contributed by atoms with van der Waals surface area (Å²) in [5.74, 6) is 0. The maximum Gasteiger partial charge on any atom is 0.0640 e. The van der Waals surface area contributed by atoms with Crippen LogP contribution in [0.5, 0.6) is 0 Å². The summed E-state index contributed by atoms with van der Waals surface area (Å²) in [6, 6.07) is 77.6. The second-order valence-electron chi connectivity index (χ2n) is 14.4. The molecule has 2 heterocycles. The van der Waals surface area contributed by atoms with E-state index >= 15 is 0 Å². The van der Waals surface area contributed by atoms with Gasteiger partial charge in [0.15, 0.2) is 0 Å². The predicted octanol–water partition coefficient (Wildman–Crippen LogP) is 16.6. The molecule has 268 valence electrons. The smallest absolute Gasteiger partial charge is 0.0640 e. The number of anilines is 3. The van der Waals surface area contributed by atoms with Crippen molar-refractivity contribution in [3.63, 3.8) is 0 Å². The average Bonchev–Trinajstić information content (AvgIpc) is 3.87. The highest BCUT2D eigenvalue weighted by Crippen LogP contribution is 2.49. The fraction of sp³-hybridized carbons (Fsp3) is 0. The van der Waals surface area contributed by atoms with E-state index in [-0.39, 0.29) is 0 Å². The molecule has 0 saturated carbocycles. The van der Waals surface area contributed by atoms with Gasteiger partial charge in [-0.25, -0.2) is 0 Å². The Bertz CT molecular complexity index is 3240. The van der Waals surface area contributed by atoms with Gasteiger partial charge < -0.3 is 4.90 Å². The molecule has 1 nitrogen and oxygen atoms in total. The normalized spacial score (nSPS) is 11.5. The molecule has 2 aromatic heterocycles. The van der Waals surface area contributed by atoms with Gasteiger partial charge in [-0.05, 0) is 81.4 Å². The molecule has 0 atom stereocenters. The third kappa shape index (κ3) is 5.74. The lowest BCUT2D eigenvalue weighted by atomic mass is 9.88. The number of rotatable bonds is 7. The van der Waals surface area contributed by atoms with Crippen LogP contribution < -0.4 is 4.90 Å². The van der Waals surface area contributed by atoms with Crippen LogP contribution in [-0.4, -0.2) is 0 Å². The molecule has 0 aliphatic carbocycles. The van der Waals surface area contributed by atoms with E-state index in [1.54, 1.807) is 0 Å². The molecule has 0 aliphatic rings. The van der Waals surface area contributed by atoms with E-state index in [4.69, 9.17) is 0 Å². The zero-order valence-electron chi connectivity index (χ0n) is 31.0. The van der Waals surface area contributed by atoms with Crippen molar-refractivity contribution < 1.29 is 0 Å². The summed E-state index contributed by atoms with van der Waals surface area (Å²) in [5, 5.41) is 5.22. The molecule has 9 aromatic carbocycles. The van der Waals surface area contributed by atoms with Crippen molar-refractivity contribution in [3.8, 4) is 44.5 Å². The van der Waals surface area contributed by atoms with E-state index in [1.165, 1.54) is 90.5 Å². The second-order valence-corrected chi connectivity index (χ2v) is 16.5. The van der Waals surface area contributed by atoms with Crippen LogP contribution in [0.15, 0.2) is 212 Å². The standard InChI is InChI=1S/C54H35NS2/c1-2-16-36(17-3-1)39-18-4-5-19-41(39)42-20-6-7-21-43(42)44-22-8-11-27-48(44)55(49-28-14-26-46-45-23-9-12-29-50(45)57-54(46)49)38-34-32-37(33-35-38)40-25-15-31-52-53(40)47-24-10-13-30-51(47)56-52/h1-35H. The van der Waals surface area contributed by atoms with Crippen LogP contribution in [0.2, 0.25) is 0 Å². The summed E-state index contributed by atoms with van der Waals surface area (Å²) in [6.07, 6.45) is 0. The van der Waals surface area contributed by atoms with E-state index in [9.17, 15) is 0 Å². The van der Waals surface area contributed by atoms with Gasteiger partial charge in [0.25, 0.3) is 0 Å². The quantitative estimate of drug-likeness (QED) is 0.156. The zero-order valence-corrected chi connectivity index (χ0v) is 32.6. The summed E-state index contributed by atoms with van der Waals surface area (Å²) in [5.41, 5.74) is 13.1. The van der Waals surface area contributed by atoms with E-state index in [2.05, 4.69) is 217 Å². The van der Waals surface area contributed by atoms with E-state index in [0.717, 1.165) is 11.4 Å². The maximum atomic E-state index is 2.48. The molecule has 57 heavy (non-hydrogen) atoms. The number of hydrogen-bond donors (Lipinski definition) is 0. The monoisotopic (exact) mass is 761 g/mol. The molecule has 0 unspecified atom stereocenters. The molecule has 0 N–H and O–H groups in total. The van der Waals surface area contributed by atoms with E-state index < -0.39 is 0 Å². The molecule has 0 amide bonds. The van der Waals surface area contributed by atoms with Crippen LogP contribution in [0.3, 0.4) is 0 Å². The highest BCUT2D eigenvalue weighted by atomic mass is 32.1. The van der Waals surface area contributed by atoms with Crippen molar-refractivity contribution in [3.05, 3.63) is 212 Å². The van der Waals surface area contributed by atoms with Crippen molar-refractivity contribution in [2.45, 2.75) is 0 Å². The lowest BCUT2D eigenvalue weighted by molar-refractivity contribution is 1.30. The van der Waals surface area contributed by atoms with Crippen LogP contribution in [-0.2, 0) is 0 Å². The Morgan fingerprint density at radius 1 is 0.281 bits per heavy atom. The van der Waals surface area contributed by atoms with Gasteiger partial charge in [-0.1, -0.05) is 170 Å². The largest absolute Gasteiger partial charge is 0.308 e. The summed E-state index contributed by atoms with van der Waals surface area (Å²) < 4.78 is 5.21. The van der Waals surface area contributed by atoms with Gasteiger partial charge >= 0.3 is 0 Å². The van der Waals surface area contributed by atoms with Gasteiger partial charge in [-0.3, -0.25) is 0 Å². The van der Waals surface area contributed by atoms with Crippen LogP contribution in [0, 0.1) is 0 Å². The Morgan fingerprint density at radius 2 is 0.772 bits per heavy atom. The van der Waals surface area contributed by atoms with Crippen molar-refractivity contribution in [1.29, 1.82) is 0 Å². The van der Waals surface area contributed by atoms with Crippen LogP contribution >= 0.6 is 22.7 Å². The van der Waals surface area contributed by atoms with Gasteiger partial charge in [0, 0.05) is 46.9 Å². The average molecular weight is 762 g/mol. The molecule has 11 rings (SSSR count). The van der Waals surface area contributed by atoms with Gasteiger partial charge in [-0.2, -0.15) is 0 Å². The molecule has 3 heteroatoms. The van der Waals surface area contributed by atoms with Gasteiger partial charge in [0.05, 0.1) is 16.1 Å². The third-order valence-corrected chi connectivity index (χ3v) is 13.5. The number of thiophene rings is 2. The summed E-state index contributed by atoms with van der Waals surface area (Å²) in [6.45, 7) is 0. The Labute approximate surface area is 340 Å². The lowest BCUT2D eigenvalue weighted by Crippen LogP contribution is -2.11. The number of para-hydroxylation sites is 1. The minimum Gasteiger partial charge on any atom is -0.308 e. The fourth-order valence-corrected chi connectivity index (χ4v) is 10.9. The molecular formula is C54H35NS2. The molecule has 0 spiro atoms. The first-order valence-electron chi connectivity index (χ1n) is 19.3. The summed E-state index contributed by atoms with van der Waals surface area (Å²) in [4.78, 5) is 2.48. The second kappa shape index (κ2) is 14.1. The molecule has 0 aliphatic heterocycles. The van der Waals surface area contributed by atoms with Gasteiger partial charge in [0.2, 0.25) is 0 Å². The van der Waals surface area contributed by atoms with Crippen molar-refractivity contribution in [2.75, 3.05) is 4.90 Å². The molecule has 11 aromatic rings. The summed E-state index contributed by atoms with van der Waals surface area (Å²) in [7, 11) is 0. The van der Waals surface area contributed by atoms with Crippen molar-refractivity contribution >= 4 is 80.1 Å². The Hall–Kier alpha value is -6.78. The van der Waals surface area contributed by atoms with Crippen LogP contribution in [0.1, 0.15) is 0 Å². The minimum absolute atomic E-state index is 1.11. The molecule has 0 saturated heterocycles. The Balaban J connectivity index is 1.12. The molecule has 0 bridgehead atoms. The SMILES string of the molecule is c1ccc(-c2ccccc2-c2ccccc2-c2ccccc2N(c2ccc(-c3cccc4sc5ccccc5c34)cc2)c2cccc3c2sc2ccccc23)cc1. The van der Waals surface area contributed by atoms with Crippen molar-refractivity contribution in [2.24, 2.45) is 0 Å². The minimum atomic E-state index is 1.11. The number of nitrogens with zero attached hydrogens (tertiary/aromatic N) is 1. The maximum absolute atomic E-state index is 2.48. The third-order valence-electron chi connectivity index (χ3n) is 11.1. The number of hydrogen-bond acceptors (Lipinski definition) is 3. The first kappa shape index (κ1) is 33.5. The fourth-order valence-electron chi connectivity index (χ4n) is 8.56. The molecular weight excluding hydrogens is 727 g/mol. The molecule has 0 radical (unpaired) electrons. The summed E-state index contributed by atoms with van der Waals surface area (Å²) >= 11 is 3.74. The van der Waals surface area contributed by atoms with E-state index in [0.29, 0.717) is 0 Å². The van der Waals surface area contributed by atoms with Gasteiger partial charge in [0.1, 0.15) is 0 Å². The van der Waals surface area contributed by atoms with Crippen molar-refractivity contribution in [1.82, 2.24) is 0 Å². The highest BCUT2D eigenvalue weighted by Gasteiger charge is 2.23. The zero-order chi connectivity index (χ0) is 37.7. The highest BCUT2D eigenvalue weighted by molar-refractivity contribution is 7.26. The first-order valence-corrected chi connectivity index (χ1v) is 21.0. The molecule has 0 fully saturated rings. The number of benzene rings is 9. The van der Waals surface area contributed by atoms with Gasteiger partial charge in [-0.15, -0.1) is 22.7 Å². The van der Waals surface area contributed by atoms with Crippen LogP contribution in [0.25, 0.3) is 84.9 Å².